The second-order valence-electron chi connectivity index (χ2n) is 8.76. The Hall–Kier alpha value is -0.0300. The Bertz CT molecular complexity index is 360. The Balaban J connectivity index is -0.00000364. The Morgan fingerprint density at radius 2 is 0.933 bits per heavy atom. The molecule has 0 radical (unpaired) electrons. The third kappa shape index (κ3) is 21.2. The van der Waals surface area contributed by atoms with Crippen molar-refractivity contribution in [1.82, 2.24) is 0 Å². The topological polar surface area (TPSA) is 89.3 Å². The van der Waals surface area contributed by atoms with Crippen molar-refractivity contribution in [2.75, 3.05) is 6.54 Å². The molecule has 5 N–H and O–H groups in total. The lowest BCUT2D eigenvalue weighted by molar-refractivity contribution is -0.144. The van der Waals surface area contributed by atoms with Crippen molar-refractivity contribution < 1.29 is 9.90 Å². The molecule has 0 aliphatic carbocycles. The third-order valence-corrected chi connectivity index (χ3v) is 5.98. The van der Waals surface area contributed by atoms with Gasteiger partial charge in [0.25, 0.3) is 0 Å². The molecule has 1 unspecified atom stereocenters. The number of halogens is 2. The largest absolute Gasteiger partial charge is 0.480 e. The lowest BCUT2D eigenvalue weighted by Crippen LogP contribution is -2.47. The highest BCUT2D eigenvalue weighted by Crippen LogP contribution is 2.21. The molecule has 0 spiro atoms. The van der Waals surface area contributed by atoms with E-state index in [0.29, 0.717) is 19.4 Å². The van der Waals surface area contributed by atoms with Crippen LogP contribution in [0.5, 0.6) is 0 Å². The molecule has 0 amide bonds. The SMILES string of the molecule is CCCCCCCCCCCCCCCCCCC(N)(CCCCN)C(=O)O.Cl.Cl. The quantitative estimate of drug-likeness (QED) is 0.144. The molecule has 6 heteroatoms. The van der Waals surface area contributed by atoms with Gasteiger partial charge >= 0.3 is 5.97 Å². The van der Waals surface area contributed by atoms with Crippen LogP contribution in [0, 0.1) is 0 Å². The van der Waals surface area contributed by atoms with Crippen molar-refractivity contribution in [2.24, 2.45) is 11.5 Å². The van der Waals surface area contributed by atoms with Gasteiger partial charge in [0.1, 0.15) is 5.54 Å². The summed E-state index contributed by atoms with van der Waals surface area (Å²) in [5, 5.41) is 9.40. The molecule has 0 aliphatic rings. The van der Waals surface area contributed by atoms with Crippen molar-refractivity contribution in [3.05, 3.63) is 0 Å². The van der Waals surface area contributed by atoms with Crippen LogP contribution >= 0.6 is 24.8 Å². The minimum Gasteiger partial charge on any atom is -0.480 e. The maximum atomic E-state index is 11.5. The lowest BCUT2D eigenvalue weighted by Gasteiger charge is -2.24. The minimum absolute atomic E-state index is 0. The summed E-state index contributed by atoms with van der Waals surface area (Å²) in [6.45, 7) is 2.88. The predicted molar refractivity (Wildman–Crippen MR) is 136 cm³/mol. The van der Waals surface area contributed by atoms with Crippen molar-refractivity contribution in [3.63, 3.8) is 0 Å². The second kappa shape index (κ2) is 25.2. The molecule has 0 aromatic carbocycles. The molecule has 0 heterocycles. The summed E-state index contributed by atoms with van der Waals surface area (Å²) in [7, 11) is 0. The normalized spacial score (nSPS) is 12.6. The van der Waals surface area contributed by atoms with Gasteiger partial charge in [0, 0.05) is 0 Å². The van der Waals surface area contributed by atoms with Gasteiger partial charge in [-0.3, -0.25) is 4.79 Å². The molecule has 30 heavy (non-hydrogen) atoms. The van der Waals surface area contributed by atoms with Crippen LogP contribution in [0.4, 0.5) is 0 Å². The standard InChI is InChI=1S/C24H50N2O2.2ClH/c1-2-3-4-5-6-7-8-9-10-11-12-13-14-15-16-17-20-24(26,23(27)28)21-18-19-22-25;;/h2-22,25-26H2,1H3,(H,27,28);2*1H. The molecule has 184 valence electrons. The van der Waals surface area contributed by atoms with Crippen molar-refractivity contribution >= 4 is 30.8 Å². The fourth-order valence-electron chi connectivity index (χ4n) is 3.91. The number of carboxylic acid groups (broad SMARTS) is 1. The lowest BCUT2D eigenvalue weighted by atomic mass is 9.87. The van der Waals surface area contributed by atoms with Crippen LogP contribution in [0.1, 0.15) is 135 Å². The molecule has 0 saturated carbocycles. The van der Waals surface area contributed by atoms with Gasteiger partial charge in [-0.05, 0) is 32.2 Å². The van der Waals surface area contributed by atoms with Gasteiger partial charge in [-0.25, -0.2) is 0 Å². The number of aliphatic carboxylic acids is 1. The van der Waals surface area contributed by atoms with Crippen LogP contribution in [-0.2, 0) is 4.79 Å². The summed E-state index contributed by atoms with van der Waals surface area (Å²) in [6, 6.07) is 0. The van der Waals surface area contributed by atoms with E-state index in [1.165, 1.54) is 89.9 Å². The first-order valence-electron chi connectivity index (χ1n) is 12.3. The smallest absolute Gasteiger partial charge is 0.323 e. The molecule has 0 aromatic rings. The van der Waals surface area contributed by atoms with Gasteiger partial charge in [0.15, 0.2) is 0 Å². The molecule has 4 nitrogen and oxygen atoms in total. The summed E-state index contributed by atoms with van der Waals surface area (Å²) < 4.78 is 0. The summed E-state index contributed by atoms with van der Waals surface area (Å²) in [6.07, 6.45) is 24.0. The molecule has 0 rings (SSSR count). The van der Waals surface area contributed by atoms with E-state index in [4.69, 9.17) is 11.5 Å². The highest BCUT2D eigenvalue weighted by Gasteiger charge is 2.32. The Morgan fingerprint density at radius 3 is 1.23 bits per heavy atom. The highest BCUT2D eigenvalue weighted by atomic mass is 35.5. The summed E-state index contributed by atoms with van der Waals surface area (Å²) in [4.78, 5) is 11.5. The summed E-state index contributed by atoms with van der Waals surface area (Å²) in [5.41, 5.74) is 10.5. The number of nitrogens with two attached hydrogens (primary N) is 2. The van der Waals surface area contributed by atoms with E-state index < -0.39 is 11.5 Å². The van der Waals surface area contributed by atoms with Gasteiger partial charge in [0.05, 0.1) is 0 Å². The molecular formula is C24H52Cl2N2O2. The average Bonchev–Trinajstić information content (AvgIpc) is 2.67. The first kappa shape index (κ1) is 34.6. The number of hydrogen-bond acceptors (Lipinski definition) is 3. The van der Waals surface area contributed by atoms with Gasteiger partial charge in [-0.15, -0.1) is 24.8 Å². The van der Waals surface area contributed by atoms with E-state index in [2.05, 4.69) is 6.92 Å². The van der Waals surface area contributed by atoms with Crippen LogP contribution in [0.2, 0.25) is 0 Å². The number of carboxylic acids is 1. The van der Waals surface area contributed by atoms with Gasteiger partial charge in [0.2, 0.25) is 0 Å². The van der Waals surface area contributed by atoms with Gasteiger partial charge < -0.3 is 16.6 Å². The number of rotatable bonds is 22. The Labute approximate surface area is 199 Å². The van der Waals surface area contributed by atoms with Crippen LogP contribution in [0.3, 0.4) is 0 Å². The van der Waals surface area contributed by atoms with Crippen LogP contribution in [0.25, 0.3) is 0 Å². The zero-order valence-electron chi connectivity index (χ0n) is 19.7. The minimum atomic E-state index is -1.05. The first-order valence-corrected chi connectivity index (χ1v) is 12.3. The third-order valence-electron chi connectivity index (χ3n) is 5.98. The zero-order valence-corrected chi connectivity index (χ0v) is 21.3. The zero-order chi connectivity index (χ0) is 20.9. The van der Waals surface area contributed by atoms with E-state index in [1.807, 2.05) is 0 Å². The maximum absolute atomic E-state index is 11.5. The maximum Gasteiger partial charge on any atom is 0.323 e. The van der Waals surface area contributed by atoms with E-state index in [-0.39, 0.29) is 24.8 Å². The van der Waals surface area contributed by atoms with E-state index in [0.717, 1.165) is 25.7 Å². The molecule has 0 bridgehead atoms. The number of carbonyl (C=O) groups is 1. The van der Waals surface area contributed by atoms with E-state index in [1.54, 1.807) is 0 Å². The summed E-state index contributed by atoms with van der Waals surface area (Å²) in [5.74, 6) is -0.856. The molecule has 0 aliphatic heterocycles. The fourth-order valence-corrected chi connectivity index (χ4v) is 3.91. The molecule has 0 saturated heterocycles. The monoisotopic (exact) mass is 470 g/mol. The Morgan fingerprint density at radius 1 is 0.633 bits per heavy atom. The number of hydrogen-bond donors (Lipinski definition) is 3. The van der Waals surface area contributed by atoms with Crippen LogP contribution < -0.4 is 11.5 Å². The first-order chi connectivity index (χ1) is 13.6. The predicted octanol–water partition coefficient (Wildman–Crippen LogP) is 7.39. The van der Waals surface area contributed by atoms with E-state index in [9.17, 15) is 9.90 Å². The molecular weight excluding hydrogens is 419 g/mol. The Kier molecular flexibility index (Phi) is 29.1. The fraction of sp³-hybridized carbons (Fsp3) is 0.958. The van der Waals surface area contributed by atoms with Crippen LogP contribution in [0.15, 0.2) is 0 Å². The average molecular weight is 472 g/mol. The summed E-state index contributed by atoms with van der Waals surface area (Å²) >= 11 is 0. The van der Waals surface area contributed by atoms with E-state index >= 15 is 0 Å². The molecule has 0 fully saturated rings. The highest BCUT2D eigenvalue weighted by molar-refractivity contribution is 5.85. The number of unbranched alkanes of at least 4 members (excludes halogenated alkanes) is 16. The van der Waals surface area contributed by atoms with Crippen molar-refractivity contribution in [1.29, 1.82) is 0 Å². The van der Waals surface area contributed by atoms with Gasteiger partial charge in [-0.2, -0.15) is 0 Å². The molecule has 0 aromatic heterocycles. The second-order valence-corrected chi connectivity index (χ2v) is 8.76. The van der Waals surface area contributed by atoms with Gasteiger partial charge in [-0.1, -0.05) is 110 Å². The molecule has 1 atom stereocenters. The van der Waals surface area contributed by atoms with Crippen molar-refractivity contribution in [2.45, 2.75) is 141 Å². The van der Waals surface area contributed by atoms with Crippen molar-refractivity contribution in [3.8, 4) is 0 Å². The van der Waals surface area contributed by atoms with Crippen LogP contribution in [-0.4, -0.2) is 23.2 Å².